The molecule has 3 N–H and O–H groups in total. The van der Waals surface area contributed by atoms with Crippen molar-refractivity contribution in [2.45, 2.75) is 24.8 Å². The minimum atomic E-state index is -3.89. The Labute approximate surface area is 153 Å². The van der Waals surface area contributed by atoms with Gasteiger partial charge in [0.15, 0.2) is 6.61 Å². The molecule has 0 saturated heterocycles. The van der Waals surface area contributed by atoms with Crippen LogP contribution in [0.5, 0.6) is 0 Å². The molecule has 2 rings (SSSR count). The highest BCUT2D eigenvalue weighted by atomic mass is 32.2. The molecule has 1 amide bonds. The van der Waals surface area contributed by atoms with Crippen LogP contribution in [-0.2, 0) is 30.9 Å². The van der Waals surface area contributed by atoms with Gasteiger partial charge in [0.25, 0.3) is 5.91 Å². The van der Waals surface area contributed by atoms with E-state index in [2.05, 4.69) is 5.32 Å². The van der Waals surface area contributed by atoms with Gasteiger partial charge in [0.1, 0.15) is 0 Å². The van der Waals surface area contributed by atoms with E-state index in [-0.39, 0.29) is 28.4 Å². The number of sulfonamides is 1. The third kappa shape index (κ3) is 5.51. The summed E-state index contributed by atoms with van der Waals surface area (Å²) in [5.41, 5.74) is 0.957. The van der Waals surface area contributed by atoms with E-state index in [0.29, 0.717) is 0 Å². The summed E-state index contributed by atoms with van der Waals surface area (Å²) in [7, 11) is -3.89. The molecule has 11 heteroatoms. The second-order valence-electron chi connectivity index (χ2n) is 5.33. The van der Waals surface area contributed by atoms with Crippen molar-refractivity contribution >= 4 is 38.9 Å². The lowest BCUT2D eigenvalue weighted by Gasteiger charge is -2.08. The number of anilines is 1. The Morgan fingerprint density at radius 2 is 2.08 bits per heavy atom. The number of ether oxygens (including phenoxy) is 1. The molecule has 140 valence electrons. The lowest BCUT2D eigenvalue weighted by Crippen LogP contribution is -2.23. The molecule has 0 unspecified atom stereocenters. The highest BCUT2D eigenvalue weighted by Gasteiger charge is 2.12. The van der Waals surface area contributed by atoms with Crippen LogP contribution >= 0.6 is 11.3 Å². The maximum absolute atomic E-state index is 11.8. The fourth-order valence-electron chi connectivity index (χ4n) is 2.04. The smallest absolute Gasteiger partial charge is 0.308 e. The Hall–Kier alpha value is -2.50. The third-order valence-corrected chi connectivity index (χ3v) is 5.12. The molecule has 2 aromatic rings. The van der Waals surface area contributed by atoms with Gasteiger partial charge in [-0.2, -0.15) is 0 Å². The molecule has 1 heterocycles. The van der Waals surface area contributed by atoms with Crippen molar-refractivity contribution in [2.75, 3.05) is 11.9 Å². The number of hydrogen-bond acceptors (Lipinski definition) is 7. The van der Waals surface area contributed by atoms with Crippen LogP contribution in [0, 0.1) is 6.92 Å². The molecule has 0 aliphatic heterocycles. The van der Waals surface area contributed by atoms with Gasteiger partial charge in [-0.15, -0.1) is 0 Å². The zero-order valence-electron chi connectivity index (χ0n) is 13.8. The van der Waals surface area contributed by atoms with Gasteiger partial charge in [-0.3, -0.25) is 14.4 Å². The highest BCUT2D eigenvalue weighted by molar-refractivity contribution is 7.89. The van der Waals surface area contributed by atoms with Crippen molar-refractivity contribution < 1.29 is 22.7 Å². The lowest BCUT2D eigenvalue weighted by atomic mass is 10.3. The van der Waals surface area contributed by atoms with Gasteiger partial charge < -0.3 is 14.6 Å². The number of benzene rings is 1. The number of nitrogens with one attached hydrogen (secondary N) is 1. The molecule has 0 atom stereocenters. The molecule has 0 saturated carbocycles. The van der Waals surface area contributed by atoms with Crippen molar-refractivity contribution in [3.8, 4) is 0 Å². The summed E-state index contributed by atoms with van der Waals surface area (Å²) in [6, 6.07) is 5.38. The largest absolute Gasteiger partial charge is 0.456 e. The minimum absolute atomic E-state index is 0.0499. The first-order chi connectivity index (χ1) is 12.2. The predicted molar refractivity (Wildman–Crippen MR) is 95.3 cm³/mol. The molecule has 0 radical (unpaired) electrons. The summed E-state index contributed by atoms with van der Waals surface area (Å²) < 4.78 is 28.8. The van der Waals surface area contributed by atoms with E-state index >= 15 is 0 Å². The van der Waals surface area contributed by atoms with Gasteiger partial charge in [-0.05, 0) is 25.1 Å². The van der Waals surface area contributed by atoms with E-state index in [4.69, 9.17) is 9.88 Å². The number of nitrogens with two attached hydrogens (primary N) is 1. The quantitative estimate of drug-likeness (QED) is 0.648. The number of carbonyl (C=O) groups excluding carboxylic acids is 2. The normalized spacial score (nSPS) is 11.2. The van der Waals surface area contributed by atoms with Gasteiger partial charge in [-0.1, -0.05) is 17.4 Å². The van der Waals surface area contributed by atoms with Gasteiger partial charge >= 0.3 is 10.8 Å². The average Bonchev–Trinajstić information content (AvgIpc) is 2.89. The molecular formula is C15H17N3O6S2. The summed E-state index contributed by atoms with van der Waals surface area (Å²) >= 11 is 1.04. The van der Waals surface area contributed by atoms with Crippen LogP contribution in [-0.4, -0.2) is 31.5 Å². The Morgan fingerprint density at radius 3 is 2.69 bits per heavy atom. The van der Waals surface area contributed by atoms with Crippen LogP contribution in [0.3, 0.4) is 0 Å². The average molecular weight is 399 g/mol. The number of rotatable bonds is 7. The number of esters is 1. The molecule has 0 fully saturated rings. The number of nitrogens with zero attached hydrogens (tertiary/aromatic N) is 1. The fraction of sp³-hybridized carbons (Fsp3) is 0.267. The number of aryl methyl sites for hydroxylation is 1. The number of primary sulfonamides is 1. The molecule has 1 aromatic carbocycles. The minimum Gasteiger partial charge on any atom is -0.456 e. The van der Waals surface area contributed by atoms with Gasteiger partial charge in [0.2, 0.25) is 10.0 Å². The Kier molecular flexibility index (Phi) is 6.29. The van der Waals surface area contributed by atoms with E-state index in [0.717, 1.165) is 17.0 Å². The second kappa shape index (κ2) is 8.25. The number of amides is 1. The van der Waals surface area contributed by atoms with E-state index in [1.54, 1.807) is 12.3 Å². The standard InChI is InChI=1S/C15H17N3O6S2/c1-10-9-25-15(21)18(10)6-5-14(20)24-8-13(19)17-11-3-2-4-12(7-11)26(16,22)23/h2-4,7,9H,5-6,8H2,1H3,(H,17,19)(H2,16,22,23). The lowest BCUT2D eigenvalue weighted by molar-refractivity contribution is -0.147. The zero-order valence-corrected chi connectivity index (χ0v) is 15.4. The van der Waals surface area contributed by atoms with Crippen LogP contribution < -0.4 is 15.3 Å². The van der Waals surface area contributed by atoms with Crippen molar-refractivity contribution in [3.63, 3.8) is 0 Å². The molecule has 0 aliphatic rings. The summed E-state index contributed by atoms with van der Waals surface area (Å²) in [4.78, 5) is 34.7. The predicted octanol–water partition coefficient (Wildman–Crippen LogP) is 0.438. The molecule has 0 bridgehead atoms. The zero-order chi connectivity index (χ0) is 19.3. The van der Waals surface area contributed by atoms with Crippen LogP contribution in [0.2, 0.25) is 0 Å². The number of carbonyl (C=O) groups is 2. The molecule has 1 aromatic heterocycles. The van der Waals surface area contributed by atoms with E-state index in [1.165, 1.54) is 28.8 Å². The molecule has 26 heavy (non-hydrogen) atoms. The summed E-state index contributed by atoms with van der Waals surface area (Å²) in [5.74, 6) is -1.26. The van der Waals surface area contributed by atoms with Crippen molar-refractivity contribution in [1.82, 2.24) is 4.57 Å². The monoisotopic (exact) mass is 399 g/mol. The van der Waals surface area contributed by atoms with Gasteiger partial charge in [0.05, 0.1) is 11.3 Å². The van der Waals surface area contributed by atoms with Crippen molar-refractivity contribution in [1.29, 1.82) is 0 Å². The number of aromatic nitrogens is 1. The topological polar surface area (TPSA) is 138 Å². The van der Waals surface area contributed by atoms with Gasteiger partial charge in [0, 0.05) is 23.3 Å². The van der Waals surface area contributed by atoms with E-state index < -0.39 is 28.5 Å². The van der Waals surface area contributed by atoms with Crippen molar-refractivity contribution in [2.24, 2.45) is 5.14 Å². The highest BCUT2D eigenvalue weighted by Crippen LogP contribution is 2.14. The number of thiazole rings is 1. The first-order valence-electron chi connectivity index (χ1n) is 7.40. The van der Waals surface area contributed by atoms with E-state index in [1.807, 2.05) is 0 Å². The third-order valence-electron chi connectivity index (χ3n) is 3.33. The Balaban J connectivity index is 1.83. The summed E-state index contributed by atoms with van der Waals surface area (Å²) in [6.45, 7) is 1.40. The van der Waals surface area contributed by atoms with E-state index in [9.17, 15) is 22.8 Å². The van der Waals surface area contributed by atoms with Crippen LogP contribution in [0.25, 0.3) is 0 Å². The van der Waals surface area contributed by atoms with Crippen LogP contribution in [0.4, 0.5) is 5.69 Å². The molecule has 9 nitrogen and oxygen atoms in total. The van der Waals surface area contributed by atoms with Crippen LogP contribution in [0.1, 0.15) is 12.1 Å². The Morgan fingerprint density at radius 1 is 1.35 bits per heavy atom. The number of hydrogen-bond donors (Lipinski definition) is 2. The summed E-state index contributed by atoms with van der Waals surface area (Å²) in [5, 5.41) is 9.12. The van der Waals surface area contributed by atoms with Crippen LogP contribution in [0.15, 0.2) is 39.3 Å². The maximum atomic E-state index is 11.8. The Bertz CT molecular complexity index is 977. The molecule has 0 aliphatic carbocycles. The first-order valence-corrected chi connectivity index (χ1v) is 9.82. The SMILES string of the molecule is Cc1csc(=O)n1CCC(=O)OCC(=O)Nc1cccc(S(N)(=O)=O)c1. The summed E-state index contributed by atoms with van der Waals surface area (Å²) in [6.07, 6.45) is -0.0499. The molecule has 0 spiro atoms. The van der Waals surface area contributed by atoms with Gasteiger partial charge in [-0.25, -0.2) is 13.6 Å². The maximum Gasteiger partial charge on any atom is 0.308 e. The van der Waals surface area contributed by atoms with Crippen molar-refractivity contribution in [3.05, 3.63) is 45.0 Å². The second-order valence-corrected chi connectivity index (χ2v) is 7.71. The fourth-order valence-corrected chi connectivity index (χ4v) is 3.36. The first kappa shape index (κ1) is 19.8. The molecular weight excluding hydrogens is 382 g/mol.